The molecule has 0 aliphatic rings. The topological polar surface area (TPSA) is 64.6 Å². The van der Waals surface area contributed by atoms with E-state index in [1.54, 1.807) is 40.0 Å². The fourth-order valence-electron chi connectivity index (χ4n) is 1.72. The molecule has 0 aromatic heterocycles. The maximum atomic E-state index is 11.8. The minimum absolute atomic E-state index is 0.165. The number of rotatable bonds is 5. The van der Waals surface area contributed by atoms with Crippen LogP contribution in [0.4, 0.5) is 4.79 Å². The summed E-state index contributed by atoms with van der Waals surface area (Å²) in [5.74, 6) is 0.681. The molecular weight excluding hydrogens is 338 g/mol. The Morgan fingerprint density at radius 2 is 2.10 bits per heavy atom. The highest BCUT2D eigenvalue weighted by atomic mass is 79.9. The molecule has 6 heteroatoms. The number of amides is 1. The van der Waals surface area contributed by atoms with Gasteiger partial charge in [-0.15, -0.1) is 0 Å². The number of hydrogen-bond donors (Lipinski definition) is 1. The van der Waals surface area contributed by atoms with E-state index in [4.69, 9.17) is 9.47 Å². The average molecular weight is 358 g/mol. The van der Waals surface area contributed by atoms with Gasteiger partial charge in [0.2, 0.25) is 0 Å². The van der Waals surface area contributed by atoms with Crippen molar-refractivity contribution in [2.75, 3.05) is 7.11 Å². The Morgan fingerprint density at radius 1 is 1.43 bits per heavy atom. The first kappa shape index (κ1) is 17.5. The summed E-state index contributed by atoms with van der Waals surface area (Å²) in [7, 11) is 1.57. The highest BCUT2D eigenvalue weighted by molar-refractivity contribution is 9.10. The number of methoxy groups -OCH3 is 1. The Balaban J connectivity index is 2.89. The Bertz CT molecular complexity index is 511. The van der Waals surface area contributed by atoms with E-state index in [9.17, 15) is 9.59 Å². The zero-order chi connectivity index (χ0) is 16.0. The molecule has 0 heterocycles. The molecule has 1 atom stereocenters. The second kappa shape index (κ2) is 7.45. The van der Waals surface area contributed by atoms with Crippen molar-refractivity contribution in [3.05, 3.63) is 28.2 Å². The Kier molecular flexibility index (Phi) is 6.20. The second-order valence-electron chi connectivity index (χ2n) is 5.50. The van der Waals surface area contributed by atoms with E-state index in [0.29, 0.717) is 5.75 Å². The monoisotopic (exact) mass is 357 g/mol. The quantitative estimate of drug-likeness (QED) is 0.817. The van der Waals surface area contributed by atoms with Crippen molar-refractivity contribution >= 4 is 28.3 Å². The van der Waals surface area contributed by atoms with Crippen molar-refractivity contribution in [1.82, 2.24) is 5.32 Å². The molecule has 0 spiro atoms. The number of benzene rings is 1. The molecule has 1 amide bonds. The van der Waals surface area contributed by atoms with E-state index in [0.717, 1.165) is 16.3 Å². The van der Waals surface area contributed by atoms with Crippen molar-refractivity contribution in [3.63, 3.8) is 0 Å². The summed E-state index contributed by atoms with van der Waals surface area (Å²) < 4.78 is 11.1. The molecular formula is C15H20BrNO4. The lowest BCUT2D eigenvalue weighted by Gasteiger charge is -2.23. The molecule has 0 radical (unpaired) electrons. The first-order valence-corrected chi connectivity index (χ1v) is 7.32. The number of alkyl carbamates (subject to hydrolysis) is 1. The standard InChI is InChI=1S/C15H20BrNO4/c1-15(2,3)21-14(19)17-12(7-8-18)10-5-6-13(20-4)11(16)9-10/h5-6,8-9,12H,7H2,1-4H3,(H,17,19)/t12-/m0/s1. The number of halogens is 1. The van der Waals surface area contributed by atoms with Gasteiger partial charge in [0.15, 0.2) is 0 Å². The molecule has 0 fully saturated rings. The zero-order valence-electron chi connectivity index (χ0n) is 12.6. The van der Waals surface area contributed by atoms with Gasteiger partial charge in [0.1, 0.15) is 17.6 Å². The van der Waals surface area contributed by atoms with E-state index in [1.165, 1.54) is 0 Å². The van der Waals surface area contributed by atoms with Crippen molar-refractivity contribution in [2.45, 2.75) is 38.8 Å². The Hall–Kier alpha value is -1.56. The predicted octanol–water partition coefficient (Wildman–Crippen LogP) is 3.61. The van der Waals surface area contributed by atoms with Gasteiger partial charge in [-0.2, -0.15) is 0 Å². The molecule has 0 unspecified atom stereocenters. The van der Waals surface area contributed by atoms with E-state index >= 15 is 0 Å². The lowest BCUT2D eigenvalue weighted by molar-refractivity contribution is -0.108. The molecule has 1 rings (SSSR count). The van der Waals surface area contributed by atoms with Crippen molar-refractivity contribution < 1.29 is 19.1 Å². The van der Waals surface area contributed by atoms with Crippen LogP contribution in [0.3, 0.4) is 0 Å². The summed E-state index contributed by atoms with van der Waals surface area (Å²) in [6.07, 6.45) is 0.374. The minimum atomic E-state index is -0.587. The normalized spacial score (nSPS) is 12.4. The zero-order valence-corrected chi connectivity index (χ0v) is 14.2. The van der Waals surface area contributed by atoms with Gasteiger partial charge in [0, 0.05) is 6.42 Å². The van der Waals surface area contributed by atoms with Gasteiger partial charge < -0.3 is 19.6 Å². The maximum absolute atomic E-state index is 11.8. The molecule has 116 valence electrons. The highest BCUT2D eigenvalue weighted by Crippen LogP contribution is 2.29. The van der Waals surface area contributed by atoms with Gasteiger partial charge in [0.25, 0.3) is 0 Å². The van der Waals surface area contributed by atoms with Crippen LogP contribution in [-0.4, -0.2) is 25.1 Å². The van der Waals surface area contributed by atoms with E-state index in [-0.39, 0.29) is 6.42 Å². The molecule has 0 aliphatic carbocycles. The van der Waals surface area contributed by atoms with Crippen molar-refractivity contribution in [3.8, 4) is 5.75 Å². The summed E-state index contributed by atoms with van der Waals surface area (Å²) in [6, 6.07) is 4.94. The van der Waals surface area contributed by atoms with Crippen molar-refractivity contribution in [1.29, 1.82) is 0 Å². The van der Waals surface area contributed by atoms with Gasteiger partial charge in [-0.1, -0.05) is 6.07 Å². The predicted molar refractivity (Wildman–Crippen MR) is 83.5 cm³/mol. The number of hydrogen-bond acceptors (Lipinski definition) is 4. The molecule has 0 saturated carbocycles. The number of nitrogens with one attached hydrogen (secondary N) is 1. The van der Waals surface area contributed by atoms with Crippen LogP contribution in [0, 0.1) is 0 Å². The fourth-order valence-corrected chi connectivity index (χ4v) is 2.28. The highest BCUT2D eigenvalue weighted by Gasteiger charge is 2.21. The molecule has 0 aliphatic heterocycles. The van der Waals surface area contributed by atoms with Gasteiger partial charge in [-0.25, -0.2) is 4.79 Å². The van der Waals surface area contributed by atoms with Crippen LogP contribution in [0.2, 0.25) is 0 Å². The minimum Gasteiger partial charge on any atom is -0.496 e. The molecule has 1 aromatic rings. The first-order valence-electron chi connectivity index (χ1n) is 6.53. The lowest BCUT2D eigenvalue weighted by Crippen LogP contribution is -2.35. The molecule has 0 saturated heterocycles. The van der Waals surface area contributed by atoms with Crippen LogP contribution in [-0.2, 0) is 9.53 Å². The molecule has 5 nitrogen and oxygen atoms in total. The summed E-state index contributed by atoms with van der Waals surface area (Å²) in [5, 5.41) is 2.70. The molecule has 21 heavy (non-hydrogen) atoms. The Labute approximate surface area is 133 Å². The van der Waals surface area contributed by atoms with Crippen LogP contribution < -0.4 is 10.1 Å². The summed E-state index contributed by atoms with van der Waals surface area (Å²) in [6.45, 7) is 5.35. The van der Waals surface area contributed by atoms with Crippen molar-refractivity contribution in [2.24, 2.45) is 0 Å². The second-order valence-corrected chi connectivity index (χ2v) is 6.35. The third-order valence-electron chi connectivity index (χ3n) is 2.60. The third-order valence-corrected chi connectivity index (χ3v) is 3.22. The Morgan fingerprint density at radius 3 is 2.57 bits per heavy atom. The first-order chi connectivity index (χ1) is 9.76. The van der Waals surface area contributed by atoms with Crippen LogP contribution in [0.5, 0.6) is 5.75 Å². The fraction of sp³-hybridized carbons (Fsp3) is 0.467. The lowest BCUT2D eigenvalue weighted by atomic mass is 10.0. The average Bonchev–Trinajstić information content (AvgIpc) is 2.36. The SMILES string of the molecule is COc1ccc([C@H](CC=O)NC(=O)OC(C)(C)C)cc1Br. The van der Waals surface area contributed by atoms with E-state index in [2.05, 4.69) is 21.2 Å². The summed E-state index contributed by atoms with van der Waals surface area (Å²) >= 11 is 3.38. The van der Waals surface area contributed by atoms with Crippen LogP contribution in [0.15, 0.2) is 22.7 Å². The number of ether oxygens (including phenoxy) is 2. The number of carbonyl (C=O) groups excluding carboxylic acids is 2. The molecule has 1 aromatic carbocycles. The van der Waals surface area contributed by atoms with Crippen LogP contribution in [0.1, 0.15) is 38.8 Å². The maximum Gasteiger partial charge on any atom is 0.408 e. The molecule has 0 bridgehead atoms. The summed E-state index contributed by atoms with van der Waals surface area (Å²) in [5.41, 5.74) is 0.205. The van der Waals surface area contributed by atoms with E-state index in [1.807, 2.05) is 6.07 Å². The van der Waals surface area contributed by atoms with Gasteiger partial charge >= 0.3 is 6.09 Å². The van der Waals surface area contributed by atoms with Gasteiger partial charge in [-0.05, 0) is 54.4 Å². The largest absolute Gasteiger partial charge is 0.496 e. The van der Waals surface area contributed by atoms with Crippen LogP contribution in [0.25, 0.3) is 0 Å². The number of aldehydes is 1. The third kappa shape index (κ3) is 5.75. The number of carbonyl (C=O) groups is 2. The van der Waals surface area contributed by atoms with Gasteiger partial charge in [-0.3, -0.25) is 0 Å². The summed E-state index contributed by atoms with van der Waals surface area (Å²) in [4.78, 5) is 22.7. The molecule has 1 N–H and O–H groups in total. The smallest absolute Gasteiger partial charge is 0.408 e. The van der Waals surface area contributed by atoms with Crippen LogP contribution >= 0.6 is 15.9 Å². The van der Waals surface area contributed by atoms with E-state index < -0.39 is 17.7 Å². The van der Waals surface area contributed by atoms with Gasteiger partial charge in [0.05, 0.1) is 17.6 Å².